The molecule has 0 aliphatic carbocycles. The van der Waals surface area contributed by atoms with Gasteiger partial charge in [0, 0.05) is 11.3 Å². The molecule has 6 rings (SSSR count). The Labute approximate surface area is 270 Å². The number of ether oxygens (including phenoxy) is 1. The highest BCUT2D eigenvalue weighted by Gasteiger charge is 2.49. The van der Waals surface area contributed by atoms with Crippen LogP contribution in [0.3, 0.4) is 0 Å². The Morgan fingerprint density at radius 2 is 1.47 bits per heavy atom. The third kappa shape index (κ3) is 6.39. The van der Waals surface area contributed by atoms with Gasteiger partial charge in [-0.3, -0.25) is 4.79 Å². The van der Waals surface area contributed by atoms with Gasteiger partial charge >= 0.3 is 0 Å². The molecule has 9 atom stereocenters. The molecule has 7 N–H and O–H groups in total. The lowest BCUT2D eigenvalue weighted by molar-refractivity contribution is -0.297. The van der Waals surface area contributed by atoms with Crippen LogP contribution in [-0.4, -0.2) is 72.4 Å². The lowest BCUT2D eigenvalue weighted by Gasteiger charge is -2.48. The van der Waals surface area contributed by atoms with Crippen LogP contribution in [0.15, 0.2) is 97.1 Å². The average Bonchev–Trinajstić information content (AvgIpc) is 3.08. The molecule has 11 heteroatoms. The molecular weight excluding hydrogens is 609 g/mol. The van der Waals surface area contributed by atoms with Crippen molar-refractivity contribution in [2.75, 3.05) is 4.90 Å². The molecule has 47 heavy (non-hydrogen) atoms. The van der Waals surface area contributed by atoms with Gasteiger partial charge in [0.05, 0.1) is 18.1 Å². The smallest absolute Gasteiger partial charge is 0.233 e. The molecule has 1 amide bonds. The van der Waals surface area contributed by atoms with E-state index >= 15 is 0 Å². The molecule has 0 unspecified atom stereocenters. The minimum atomic E-state index is -1.80. The highest BCUT2D eigenvalue weighted by molar-refractivity contribution is 6.03. The van der Waals surface area contributed by atoms with Gasteiger partial charge in [0.25, 0.3) is 0 Å². The van der Waals surface area contributed by atoms with Gasteiger partial charge in [0.1, 0.15) is 42.1 Å². The monoisotopic (exact) mass is 645 g/mol. The number of benzene rings is 4. The van der Waals surface area contributed by atoms with E-state index in [4.69, 9.17) is 4.74 Å². The number of halogens is 1. The van der Waals surface area contributed by atoms with Crippen molar-refractivity contribution in [1.82, 2.24) is 0 Å². The quantitative estimate of drug-likeness (QED) is 0.135. The van der Waals surface area contributed by atoms with Crippen molar-refractivity contribution in [3.05, 3.63) is 120 Å². The second kappa shape index (κ2) is 13.5. The number of anilines is 1. The molecule has 0 radical (unpaired) electrons. The summed E-state index contributed by atoms with van der Waals surface area (Å²) in [6.07, 6.45) is -10.1. The van der Waals surface area contributed by atoms with E-state index in [9.17, 15) is 44.9 Å². The van der Waals surface area contributed by atoms with Gasteiger partial charge in [-0.25, -0.2) is 4.39 Å². The summed E-state index contributed by atoms with van der Waals surface area (Å²) in [5, 5.41) is 73.2. The number of para-hydroxylation sites is 1. The summed E-state index contributed by atoms with van der Waals surface area (Å²) in [6, 6.07) is 25.8. The highest BCUT2D eigenvalue weighted by Crippen LogP contribution is 2.49. The fourth-order valence-electron chi connectivity index (χ4n) is 6.46. The van der Waals surface area contributed by atoms with E-state index in [1.807, 2.05) is 30.3 Å². The summed E-state index contributed by atoms with van der Waals surface area (Å²) in [5.41, 5.74) is 3.20. The zero-order valence-electron chi connectivity index (χ0n) is 25.1. The number of β-lactam (4-membered cyclic amide) rings is 1. The predicted octanol–water partition coefficient (Wildman–Crippen LogP) is 3.25. The van der Waals surface area contributed by atoms with Crippen molar-refractivity contribution < 1.29 is 49.7 Å². The summed E-state index contributed by atoms with van der Waals surface area (Å²) >= 11 is 0. The Morgan fingerprint density at radius 3 is 2.17 bits per heavy atom. The Balaban J connectivity index is 1.25. The molecule has 4 aromatic rings. The first kappa shape index (κ1) is 32.7. The number of hydrogen-bond acceptors (Lipinski definition) is 9. The molecule has 10 nitrogen and oxygen atoms in total. The molecule has 4 aromatic carbocycles. The number of nitrogens with zero attached hydrogens (tertiary/aromatic N) is 1. The number of aliphatic hydroxyl groups is 6. The number of phenols is 1. The molecule has 0 spiro atoms. The molecule has 2 aliphatic heterocycles. The first-order valence-electron chi connectivity index (χ1n) is 15.4. The van der Waals surface area contributed by atoms with Gasteiger partial charge in [-0.2, -0.15) is 0 Å². The Bertz CT molecular complexity index is 1700. The molecule has 2 aliphatic rings. The normalized spacial score (nSPS) is 27.3. The van der Waals surface area contributed by atoms with Crippen molar-refractivity contribution in [1.29, 1.82) is 0 Å². The molecule has 0 aromatic heterocycles. The maximum Gasteiger partial charge on any atom is 0.233 e. The fraction of sp³-hybridized carbons (Fsp3) is 0.306. The topological polar surface area (TPSA) is 171 Å². The van der Waals surface area contributed by atoms with E-state index in [0.717, 1.165) is 0 Å². The Kier molecular flexibility index (Phi) is 9.40. The van der Waals surface area contributed by atoms with Crippen molar-refractivity contribution in [3.8, 4) is 16.9 Å². The molecular formula is C36H36FNO9. The van der Waals surface area contributed by atoms with E-state index < -0.39 is 60.7 Å². The third-order valence-electron chi connectivity index (χ3n) is 9.10. The largest absolute Gasteiger partial charge is 0.508 e. The van der Waals surface area contributed by atoms with Crippen molar-refractivity contribution in [2.24, 2.45) is 5.92 Å². The number of carbonyl (C=O) groups excluding carboxylic acids is 1. The summed E-state index contributed by atoms with van der Waals surface area (Å²) < 4.78 is 18.6. The average molecular weight is 646 g/mol. The molecule has 0 saturated carbocycles. The van der Waals surface area contributed by atoms with Crippen LogP contribution in [0.2, 0.25) is 0 Å². The van der Waals surface area contributed by atoms with Gasteiger partial charge in [-0.15, -0.1) is 0 Å². The van der Waals surface area contributed by atoms with Gasteiger partial charge < -0.3 is 45.4 Å². The zero-order valence-corrected chi connectivity index (χ0v) is 25.1. The third-order valence-corrected chi connectivity index (χ3v) is 9.10. The molecule has 2 fully saturated rings. The number of phenolic OH excluding ortho intramolecular Hbond substituents is 1. The van der Waals surface area contributed by atoms with Crippen LogP contribution in [0.4, 0.5) is 10.1 Å². The number of carbonyl (C=O) groups is 1. The first-order chi connectivity index (χ1) is 22.5. The standard InChI is InChI=1S/C36H36FNO9/c37-23-12-9-19(10-13-23)27(39)16-15-26-29(38(35(26)45)24-7-2-1-3-8-24)25-14-11-21(18-28(25)40)20-5-4-6-22(17-20)30(41)34-32(43)31(42)33(44)36(46)47-34/h1-14,17-18,26-27,29-34,36,39-44,46H,15-16H2/t26-,27+,29-,30-,31+,32+,33-,34-,36+/m1/s1. The second-order valence-corrected chi connectivity index (χ2v) is 12.0. The van der Waals surface area contributed by atoms with Crippen molar-refractivity contribution >= 4 is 11.6 Å². The molecule has 2 heterocycles. The molecule has 2 saturated heterocycles. The van der Waals surface area contributed by atoms with Crippen LogP contribution in [0.5, 0.6) is 5.75 Å². The Morgan fingerprint density at radius 1 is 0.766 bits per heavy atom. The number of aliphatic hydroxyl groups excluding tert-OH is 6. The summed E-state index contributed by atoms with van der Waals surface area (Å²) in [5.74, 6) is -1.16. The van der Waals surface area contributed by atoms with Crippen molar-refractivity contribution in [3.63, 3.8) is 0 Å². The SMILES string of the molecule is O=C1[C@H](CC[C@H](O)c2ccc(F)cc2)[C@@H](c2ccc(-c3cccc([C@@H](O)[C@H]4O[C@H](O)[C@H](O)[C@@H](O)[C@@H]4O)c3)cc2O)N1c1ccccc1. The zero-order chi connectivity index (χ0) is 33.4. The fourth-order valence-corrected chi connectivity index (χ4v) is 6.46. The number of amides is 1. The highest BCUT2D eigenvalue weighted by atomic mass is 19.1. The van der Waals surface area contributed by atoms with Crippen molar-refractivity contribution in [2.45, 2.75) is 61.8 Å². The van der Waals surface area contributed by atoms with Crippen LogP contribution in [0, 0.1) is 11.7 Å². The van der Waals surface area contributed by atoms with Gasteiger partial charge in [0.15, 0.2) is 6.29 Å². The number of aromatic hydroxyl groups is 1. The maximum absolute atomic E-state index is 13.5. The van der Waals surface area contributed by atoms with Crippen LogP contribution in [0.1, 0.15) is 47.8 Å². The van der Waals surface area contributed by atoms with E-state index in [-0.39, 0.29) is 18.1 Å². The summed E-state index contributed by atoms with van der Waals surface area (Å²) in [4.78, 5) is 15.1. The van der Waals surface area contributed by atoms with Gasteiger partial charge in [-0.05, 0) is 71.5 Å². The molecule has 246 valence electrons. The minimum absolute atomic E-state index is 0.0674. The van der Waals surface area contributed by atoms with Crippen LogP contribution < -0.4 is 4.90 Å². The minimum Gasteiger partial charge on any atom is -0.508 e. The van der Waals surface area contributed by atoms with Crippen LogP contribution >= 0.6 is 0 Å². The van der Waals surface area contributed by atoms with Gasteiger partial charge in [-0.1, -0.05) is 60.7 Å². The van der Waals surface area contributed by atoms with E-state index in [0.29, 0.717) is 39.9 Å². The number of rotatable bonds is 9. The summed E-state index contributed by atoms with van der Waals surface area (Å²) in [6.45, 7) is 0. The van der Waals surface area contributed by atoms with E-state index in [1.54, 1.807) is 47.4 Å². The lowest BCUT2D eigenvalue weighted by atomic mass is 9.77. The second-order valence-electron chi connectivity index (χ2n) is 12.0. The van der Waals surface area contributed by atoms with E-state index in [2.05, 4.69) is 0 Å². The predicted molar refractivity (Wildman–Crippen MR) is 168 cm³/mol. The van der Waals surface area contributed by atoms with Crippen LogP contribution in [0.25, 0.3) is 11.1 Å². The number of hydrogen-bond donors (Lipinski definition) is 7. The Hall–Kier alpha value is -4.20. The maximum atomic E-state index is 13.5. The van der Waals surface area contributed by atoms with Gasteiger partial charge in [0.2, 0.25) is 5.91 Å². The lowest BCUT2D eigenvalue weighted by Crippen LogP contribution is -2.58. The molecule has 0 bridgehead atoms. The summed E-state index contributed by atoms with van der Waals surface area (Å²) in [7, 11) is 0. The first-order valence-corrected chi connectivity index (χ1v) is 15.4. The van der Waals surface area contributed by atoms with E-state index in [1.165, 1.54) is 24.3 Å². The van der Waals surface area contributed by atoms with Crippen LogP contribution in [-0.2, 0) is 9.53 Å².